The van der Waals surface area contributed by atoms with Crippen molar-refractivity contribution >= 4 is 14.1 Å². The number of amides is 1. The molecule has 0 saturated carbocycles. The molecule has 0 spiro atoms. The van der Waals surface area contributed by atoms with Crippen LogP contribution in [0.5, 0.6) is 0 Å². The Kier molecular flexibility index (Phi) is 12.6. The number of carbonyl (C=O) groups excluding carboxylic acids is 1. The van der Waals surface area contributed by atoms with Gasteiger partial charge in [0.05, 0.1) is 0 Å². The molecular weight excluding hydrogens is 109 g/mol. The van der Waals surface area contributed by atoms with Crippen molar-refractivity contribution in [2.24, 2.45) is 0 Å². The lowest BCUT2D eigenvalue weighted by Crippen LogP contribution is -2.06. The van der Waals surface area contributed by atoms with Crippen molar-refractivity contribution in [1.82, 2.24) is 4.90 Å². The first kappa shape index (κ1) is 10.4. The van der Waals surface area contributed by atoms with E-state index in [1.165, 1.54) is 4.90 Å². The predicted octanol–water partition coefficient (Wildman–Crippen LogP) is -1.79. The Morgan fingerprint density at radius 2 is 1.62 bits per heavy atom. The zero-order valence-electron chi connectivity index (χ0n) is 4.90. The van der Waals surface area contributed by atoms with E-state index in [0.717, 1.165) is 6.41 Å². The Hall–Kier alpha value is -0.545. The van der Waals surface area contributed by atoms with Gasteiger partial charge in [-0.05, 0) is 0 Å². The summed E-state index contributed by atoms with van der Waals surface area (Å²) in [6, 6.07) is 0. The highest BCUT2D eigenvalue weighted by Gasteiger charge is 1.68. The summed E-state index contributed by atoms with van der Waals surface area (Å²) in [6.45, 7) is 0. The molecule has 0 heterocycles. The molecule has 0 aromatic heterocycles. The highest BCUT2D eigenvalue weighted by atomic mass is 16.4. The van der Waals surface area contributed by atoms with Crippen LogP contribution in [0.4, 0.5) is 0 Å². The Bertz CT molecular complexity index is 49.8. The number of rotatable bonds is 1. The normalized spacial score (nSPS) is 6.00. The minimum atomic E-state index is 0. The van der Waals surface area contributed by atoms with Gasteiger partial charge in [-0.25, -0.2) is 0 Å². The average Bonchev–Trinajstić information content (AvgIpc) is 1.69. The molecule has 1 radical (unpaired) electrons. The average molecular weight is 118 g/mol. The van der Waals surface area contributed by atoms with Crippen LogP contribution < -0.4 is 0 Å². The molecule has 0 atom stereocenters. The zero-order chi connectivity index (χ0) is 6.99. The van der Waals surface area contributed by atoms with E-state index in [1.54, 1.807) is 14.1 Å². The highest BCUT2D eigenvalue weighted by Crippen LogP contribution is 1.52. The van der Waals surface area contributed by atoms with E-state index >= 15 is 0 Å². The summed E-state index contributed by atoms with van der Waals surface area (Å²) in [6.07, 6.45) is 0.750. The second-order valence-electron chi connectivity index (χ2n) is 1.18. The van der Waals surface area contributed by atoms with Gasteiger partial charge in [-0.15, -0.1) is 0 Å². The third kappa shape index (κ3) is 51.1. The molecule has 0 bridgehead atoms. The van der Waals surface area contributed by atoms with Crippen molar-refractivity contribution in [3.05, 3.63) is 0 Å². The Morgan fingerprint density at radius 3 is 1.62 bits per heavy atom. The van der Waals surface area contributed by atoms with Crippen LogP contribution in [-0.2, 0) is 4.79 Å². The van der Waals surface area contributed by atoms with Crippen molar-refractivity contribution in [2.75, 3.05) is 14.1 Å². The number of nitrogens with zero attached hydrogens (tertiary/aromatic N) is 1. The van der Waals surface area contributed by atoms with E-state index in [2.05, 4.69) is 0 Å². The van der Waals surface area contributed by atoms with Crippen LogP contribution in [0.25, 0.3) is 0 Å². The molecule has 1 amide bonds. The van der Waals surface area contributed by atoms with Crippen LogP contribution in [0.3, 0.4) is 0 Å². The third-order valence-electron chi connectivity index (χ3n) is 0.211. The molecule has 5 heteroatoms. The summed E-state index contributed by atoms with van der Waals surface area (Å²) >= 11 is 0. The molecule has 0 aromatic carbocycles. The highest BCUT2D eigenvalue weighted by molar-refractivity contribution is 6.13. The van der Waals surface area contributed by atoms with Crippen molar-refractivity contribution < 1.29 is 14.8 Å². The van der Waals surface area contributed by atoms with Crippen molar-refractivity contribution in [3.63, 3.8) is 0 Å². The van der Waals surface area contributed by atoms with Crippen molar-refractivity contribution in [2.45, 2.75) is 0 Å². The molecule has 47 valence electrons. The molecule has 2 N–H and O–H groups in total. The van der Waals surface area contributed by atoms with Crippen LogP contribution >= 0.6 is 0 Å². The zero-order valence-corrected chi connectivity index (χ0v) is 4.90. The largest absolute Gasteiger partial charge is 0.482 e. The van der Waals surface area contributed by atoms with E-state index in [9.17, 15) is 4.79 Å². The molecule has 0 aliphatic heterocycles. The van der Waals surface area contributed by atoms with Crippen LogP contribution in [-0.4, -0.2) is 43.1 Å². The van der Waals surface area contributed by atoms with Crippen LogP contribution in [0, 0.1) is 0 Å². The maximum Gasteiger partial charge on any atom is 0.482 e. The molecule has 0 aliphatic rings. The quantitative estimate of drug-likeness (QED) is 0.315. The fourth-order valence-electron chi connectivity index (χ4n) is 0. The molecule has 0 rings (SSSR count). The number of hydrogen-bond acceptors (Lipinski definition) is 3. The Labute approximate surface area is 49.0 Å². The van der Waals surface area contributed by atoms with Crippen molar-refractivity contribution in [3.8, 4) is 0 Å². The Morgan fingerprint density at radius 1 is 1.50 bits per heavy atom. The van der Waals surface area contributed by atoms with Gasteiger partial charge in [0, 0.05) is 14.1 Å². The van der Waals surface area contributed by atoms with E-state index in [-0.39, 0.29) is 7.69 Å². The number of carbonyl (C=O) groups is 1. The molecular formula is C3H9BNO3. The van der Waals surface area contributed by atoms with Crippen molar-refractivity contribution in [1.29, 1.82) is 0 Å². The van der Waals surface area contributed by atoms with Gasteiger partial charge in [-0.1, -0.05) is 0 Å². The first-order valence-electron chi connectivity index (χ1n) is 1.90. The van der Waals surface area contributed by atoms with Gasteiger partial charge in [-0.2, -0.15) is 0 Å². The SMILES string of the molecule is CN(C)C=O.O[B]O. The van der Waals surface area contributed by atoms with E-state index < -0.39 is 0 Å². The van der Waals surface area contributed by atoms with Crippen LogP contribution in [0.15, 0.2) is 0 Å². The van der Waals surface area contributed by atoms with Gasteiger partial charge in [0.1, 0.15) is 0 Å². The summed E-state index contributed by atoms with van der Waals surface area (Å²) in [7, 11) is 3.38. The smallest absolute Gasteiger partial charge is 0.429 e. The van der Waals surface area contributed by atoms with Gasteiger partial charge in [-0.3, -0.25) is 4.79 Å². The maximum absolute atomic E-state index is 9.43. The summed E-state index contributed by atoms with van der Waals surface area (Å²) in [4.78, 5) is 10.9. The number of hydrogen-bond donors (Lipinski definition) is 2. The molecule has 0 saturated heterocycles. The lowest BCUT2D eigenvalue weighted by atomic mass is 10.5. The third-order valence-corrected chi connectivity index (χ3v) is 0.211. The summed E-state index contributed by atoms with van der Waals surface area (Å²) in [5.74, 6) is 0. The Balaban J connectivity index is 0. The summed E-state index contributed by atoms with van der Waals surface area (Å²) in [5, 5.41) is 14.0. The maximum atomic E-state index is 9.43. The van der Waals surface area contributed by atoms with Crippen LogP contribution in [0.2, 0.25) is 0 Å². The molecule has 0 aromatic rings. The topological polar surface area (TPSA) is 60.8 Å². The molecule has 8 heavy (non-hydrogen) atoms. The van der Waals surface area contributed by atoms with Gasteiger partial charge in [0.15, 0.2) is 0 Å². The van der Waals surface area contributed by atoms with E-state index in [0.29, 0.717) is 0 Å². The van der Waals surface area contributed by atoms with Gasteiger partial charge < -0.3 is 14.9 Å². The first-order valence-corrected chi connectivity index (χ1v) is 1.90. The summed E-state index contributed by atoms with van der Waals surface area (Å²) < 4.78 is 0. The van der Waals surface area contributed by atoms with Crippen LogP contribution in [0.1, 0.15) is 0 Å². The second-order valence-corrected chi connectivity index (χ2v) is 1.18. The molecule has 0 fully saturated rings. The van der Waals surface area contributed by atoms with E-state index in [4.69, 9.17) is 10.0 Å². The minimum Gasteiger partial charge on any atom is -0.429 e. The lowest BCUT2D eigenvalue weighted by molar-refractivity contribution is -0.115. The standard InChI is InChI=1S/C3H7NO.BH2O2/c1-4(2)3-5;2-1-3/h3H,1-2H3;2-3H. The fraction of sp³-hybridized carbons (Fsp3) is 0.667. The molecule has 4 nitrogen and oxygen atoms in total. The fourth-order valence-corrected chi connectivity index (χ4v) is 0. The van der Waals surface area contributed by atoms with Gasteiger partial charge in [0.25, 0.3) is 0 Å². The summed E-state index contributed by atoms with van der Waals surface area (Å²) in [5.41, 5.74) is 0. The van der Waals surface area contributed by atoms with E-state index in [1.807, 2.05) is 0 Å². The predicted molar refractivity (Wildman–Crippen MR) is 29.9 cm³/mol. The monoisotopic (exact) mass is 118 g/mol. The molecule has 0 aliphatic carbocycles. The molecule has 0 unspecified atom stereocenters. The second kappa shape index (κ2) is 9.68. The lowest BCUT2D eigenvalue weighted by Gasteiger charge is -1.93. The van der Waals surface area contributed by atoms with Gasteiger partial charge >= 0.3 is 7.69 Å². The van der Waals surface area contributed by atoms with Gasteiger partial charge in [0.2, 0.25) is 6.41 Å². The minimum absolute atomic E-state index is 0. The first-order chi connectivity index (χ1) is 3.68.